The highest BCUT2D eigenvalue weighted by molar-refractivity contribution is 9.11. The molecule has 100 valence electrons. The molecule has 2 rings (SSSR count). The monoisotopic (exact) mass is 337 g/mol. The predicted molar refractivity (Wildman–Crippen MR) is 83.7 cm³/mol. The Morgan fingerprint density at radius 1 is 1.26 bits per heavy atom. The van der Waals surface area contributed by atoms with Gasteiger partial charge >= 0.3 is 0 Å². The topological polar surface area (TPSA) is 29.1 Å². The van der Waals surface area contributed by atoms with Gasteiger partial charge in [-0.1, -0.05) is 31.2 Å². The number of aryl methyl sites for hydroxylation is 2. The van der Waals surface area contributed by atoms with Crippen LogP contribution in [0.1, 0.15) is 33.3 Å². The van der Waals surface area contributed by atoms with E-state index in [0.717, 1.165) is 26.2 Å². The fourth-order valence-corrected chi connectivity index (χ4v) is 3.19. The van der Waals surface area contributed by atoms with Gasteiger partial charge < -0.3 is 5.32 Å². The van der Waals surface area contributed by atoms with E-state index in [1.165, 1.54) is 16.9 Å². The average molecular weight is 338 g/mol. The number of amides is 1. The third-order valence-corrected chi connectivity index (χ3v) is 5.10. The summed E-state index contributed by atoms with van der Waals surface area (Å²) in [6.07, 6.45) is 1.04. The minimum Gasteiger partial charge on any atom is -0.347 e. The Hall–Kier alpha value is -1.13. The molecule has 0 aliphatic carbocycles. The van der Waals surface area contributed by atoms with E-state index in [-0.39, 0.29) is 5.91 Å². The summed E-state index contributed by atoms with van der Waals surface area (Å²) in [7, 11) is 0. The highest BCUT2D eigenvalue weighted by atomic mass is 79.9. The van der Waals surface area contributed by atoms with Gasteiger partial charge in [-0.05, 0) is 52.0 Å². The first kappa shape index (κ1) is 14.3. The van der Waals surface area contributed by atoms with Crippen LogP contribution < -0.4 is 5.32 Å². The maximum atomic E-state index is 12.0. The highest BCUT2D eigenvalue weighted by Crippen LogP contribution is 2.27. The van der Waals surface area contributed by atoms with Gasteiger partial charge in [-0.25, -0.2) is 0 Å². The Kier molecular flexibility index (Phi) is 4.77. The second-order valence-electron chi connectivity index (χ2n) is 4.42. The lowest BCUT2D eigenvalue weighted by molar-refractivity contribution is 0.0955. The molecule has 4 heteroatoms. The molecule has 0 saturated heterocycles. The largest absolute Gasteiger partial charge is 0.347 e. The van der Waals surface area contributed by atoms with Gasteiger partial charge in [-0.15, -0.1) is 11.3 Å². The van der Waals surface area contributed by atoms with Gasteiger partial charge in [0.05, 0.1) is 8.66 Å². The van der Waals surface area contributed by atoms with Crippen molar-refractivity contribution in [2.75, 3.05) is 0 Å². The minimum atomic E-state index is -0.0154. The molecular weight excluding hydrogens is 322 g/mol. The standard InChI is InChI=1S/C15H16BrNOS/c1-3-11-4-6-12(7-5-11)9-17-15(18)13-8-10(2)14(16)19-13/h4-8H,3,9H2,1-2H3,(H,17,18). The number of nitrogens with one attached hydrogen (secondary N) is 1. The lowest BCUT2D eigenvalue weighted by Crippen LogP contribution is -2.21. The summed E-state index contributed by atoms with van der Waals surface area (Å²) in [6.45, 7) is 4.69. The number of thiophene rings is 1. The Labute approximate surface area is 126 Å². The first-order valence-corrected chi connectivity index (χ1v) is 7.83. The molecule has 2 nitrogen and oxygen atoms in total. The molecule has 0 unspecified atom stereocenters. The van der Waals surface area contributed by atoms with Crippen molar-refractivity contribution in [3.8, 4) is 0 Å². The lowest BCUT2D eigenvalue weighted by Gasteiger charge is -2.04. The molecule has 19 heavy (non-hydrogen) atoms. The molecule has 0 fully saturated rings. The zero-order valence-electron chi connectivity index (χ0n) is 11.0. The van der Waals surface area contributed by atoms with Crippen LogP contribution in [0, 0.1) is 6.92 Å². The van der Waals surface area contributed by atoms with E-state index in [9.17, 15) is 4.79 Å². The van der Waals surface area contributed by atoms with E-state index in [1.54, 1.807) is 0 Å². The number of hydrogen-bond acceptors (Lipinski definition) is 2. The van der Waals surface area contributed by atoms with Crippen molar-refractivity contribution in [3.05, 3.63) is 55.7 Å². The molecule has 1 amide bonds. The Balaban J connectivity index is 1.96. The molecule has 1 N–H and O–H groups in total. The first-order chi connectivity index (χ1) is 9.10. The zero-order chi connectivity index (χ0) is 13.8. The lowest BCUT2D eigenvalue weighted by atomic mass is 10.1. The smallest absolute Gasteiger partial charge is 0.261 e. The van der Waals surface area contributed by atoms with Crippen LogP contribution in [0.2, 0.25) is 0 Å². The van der Waals surface area contributed by atoms with Crippen molar-refractivity contribution < 1.29 is 4.79 Å². The fraction of sp³-hybridized carbons (Fsp3) is 0.267. The van der Waals surface area contributed by atoms with E-state index in [0.29, 0.717) is 6.54 Å². The van der Waals surface area contributed by atoms with Crippen molar-refractivity contribution >= 4 is 33.2 Å². The molecule has 1 heterocycles. The van der Waals surface area contributed by atoms with Crippen molar-refractivity contribution in [1.29, 1.82) is 0 Å². The molecule has 0 spiro atoms. The van der Waals surface area contributed by atoms with Crippen LogP contribution in [-0.2, 0) is 13.0 Å². The molecule has 0 aliphatic rings. The van der Waals surface area contributed by atoms with Crippen LogP contribution in [0.4, 0.5) is 0 Å². The maximum absolute atomic E-state index is 12.0. The van der Waals surface area contributed by atoms with Gasteiger partial charge in [0.2, 0.25) is 0 Å². The second kappa shape index (κ2) is 6.35. The van der Waals surface area contributed by atoms with Gasteiger partial charge in [0, 0.05) is 6.54 Å². The van der Waals surface area contributed by atoms with Crippen molar-refractivity contribution in [1.82, 2.24) is 5.32 Å². The molecule has 0 bridgehead atoms. The van der Waals surface area contributed by atoms with Crippen LogP contribution in [0.15, 0.2) is 34.1 Å². The summed E-state index contributed by atoms with van der Waals surface area (Å²) in [5, 5.41) is 2.94. The van der Waals surface area contributed by atoms with Crippen LogP contribution >= 0.6 is 27.3 Å². The molecular formula is C15H16BrNOS. The Morgan fingerprint density at radius 2 is 1.89 bits per heavy atom. The molecule has 0 saturated carbocycles. The van der Waals surface area contributed by atoms with Crippen LogP contribution in [0.25, 0.3) is 0 Å². The summed E-state index contributed by atoms with van der Waals surface area (Å²) in [6, 6.07) is 10.2. The summed E-state index contributed by atoms with van der Waals surface area (Å²) in [5.41, 5.74) is 3.54. The normalized spacial score (nSPS) is 10.5. The number of carbonyl (C=O) groups excluding carboxylic acids is 1. The summed E-state index contributed by atoms with van der Waals surface area (Å²) in [5.74, 6) is -0.0154. The molecule has 0 atom stereocenters. The number of rotatable bonds is 4. The molecule has 1 aromatic heterocycles. The molecule has 2 aromatic rings. The van der Waals surface area contributed by atoms with Crippen molar-refractivity contribution in [3.63, 3.8) is 0 Å². The number of halogens is 1. The van der Waals surface area contributed by atoms with Gasteiger partial charge in [0.1, 0.15) is 0 Å². The molecule has 0 aliphatic heterocycles. The zero-order valence-corrected chi connectivity index (χ0v) is 13.4. The number of benzene rings is 1. The van der Waals surface area contributed by atoms with Gasteiger partial charge in [0.15, 0.2) is 0 Å². The van der Waals surface area contributed by atoms with Gasteiger partial charge in [0.25, 0.3) is 5.91 Å². The average Bonchev–Trinajstić information content (AvgIpc) is 2.77. The maximum Gasteiger partial charge on any atom is 0.261 e. The predicted octanol–water partition coefficient (Wildman–Crippen LogP) is 4.31. The molecule has 1 aromatic carbocycles. The van der Waals surface area contributed by atoms with E-state index in [2.05, 4.69) is 52.4 Å². The van der Waals surface area contributed by atoms with Crippen molar-refractivity contribution in [2.45, 2.75) is 26.8 Å². The number of carbonyl (C=O) groups is 1. The third-order valence-electron chi connectivity index (χ3n) is 2.97. The first-order valence-electron chi connectivity index (χ1n) is 6.22. The summed E-state index contributed by atoms with van der Waals surface area (Å²) >= 11 is 4.90. The van der Waals surface area contributed by atoms with E-state index in [4.69, 9.17) is 0 Å². The highest BCUT2D eigenvalue weighted by Gasteiger charge is 2.10. The minimum absolute atomic E-state index is 0.0154. The summed E-state index contributed by atoms with van der Waals surface area (Å²) < 4.78 is 1.02. The van der Waals surface area contributed by atoms with Crippen LogP contribution in [-0.4, -0.2) is 5.91 Å². The van der Waals surface area contributed by atoms with Gasteiger partial charge in [-0.3, -0.25) is 4.79 Å². The second-order valence-corrected chi connectivity index (χ2v) is 6.79. The van der Waals surface area contributed by atoms with E-state index in [1.807, 2.05) is 13.0 Å². The van der Waals surface area contributed by atoms with E-state index >= 15 is 0 Å². The number of hydrogen-bond donors (Lipinski definition) is 1. The Bertz CT molecular complexity index is 555. The fourth-order valence-electron chi connectivity index (χ4n) is 1.73. The van der Waals surface area contributed by atoms with E-state index < -0.39 is 0 Å². The van der Waals surface area contributed by atoms with Crippen LogP contribution in [0.5, 0.6) is 0 Å². The third kappa shape index (κ3) is 3.67. The summed E-state index contributed by atoms with van der Waals surface area (Å²) in [4.78, 5) is 12.7. The van der Waals surface area contributed by atoms with Gasteiger partial charge in [-0.2, -0.15) is 0 Å². The molecule has 0 radical (unpaired) electrons. The Morgan fingerprint density at radius 3 is 2.42 bits per heavy atom. The SMILES string of the molecule is CCc1ccc(CNC(=O)c2cc(C)c(Br)s2)cc1. The quantitative estimate of drug-likeness (QED) is 0.884. The van der Waals surface area contributed by atoms with Crippen LogP contribution in [0.3, 0.4) is 0 Å². The van der Waals surface area contributed by atoms with Crippen molar-refractivity contribution in [2.24, 2.45) is 0 Å².